The van der Waals surface area contributed by atoms with Crippen LogP contribution < -0.4 is 15.0 Å². The molecular formula is C37H42N4O3. The number of nitrogens with zero attached hydrogens (tertiary/aromatic N) is 3. The lowest BCUT2D eigenvalue weighted by Crippen LogP contribution is -2.51. The van der Waals surface area contributed by atoms with Gasteiger partial charge in [0.15, 0.2) is 5.78 Å². The van der Waals surface area contributed by atoms with Crippen LogP contribution in [0.4, 0.5) is 11.4 Å². The van der Waals surface area contributed by atoms with Crippen LogP contribution in [0.5, 0.6) is 5.75 Å². The first-order valence-electron chi connectivity index (χ1n) is 15.6. The van der Waals surface area contributed by atoms with Gasteiger partial charge in [-0.2, -0.15) is 0 Å². The number of hydrogen-bond acceptors (Lipinski definition) is 6. The summed E-state index contributed by atoms with van der Waals surface area (Å²) in [5.74, 6) is 0.880. The minimum Gasteiger partial charge on any atom is -0.496 e. The summed E-state index contributed by atoms with van der Waals surface area (Å²) in [5.41, 5.74) is 5.39. The molecule has 3 aromatic rings. The van der Waals surface area contributed by atoms with E-state index in [0.29, 0.717) is 25.3 Å². The molecule has 1 atom stereocenters. The summed E-state index contributed by atoms with van der Waals surface area (Å²) in [5, 5.41) is 3.64. The van der Waals surface area contributed by atoms with E-state index in [0.717, 1.165) is 54.3 Å². The Kier molecular flexibility index (Phi) is 8.58. The lowest BCUT2D eigenvalue weighted by molar-refractivity contribution is -0.131. The van der Waals surface area contributed by atoms with E-state index in [1.807, 2.05) is 71.6 Å². The van der Waals surface area contributed by atoms with Crippen LogP contribution in [0.2, 0.25) is 0 Å². The molecular weight excluding hydrogens is 548 g/mol. The number of anilines is 2. The van der Waals surface area contributed by atoms with Crippen molar-refractivity contribution in [3.8, 4) is 5.75 Å². The van der Waals surface area contributed by atoms with Crippen LogP contribution in [0.3, 0.4) is 0 Å². The zero-order valence-corrected chi connectivity index (χ0v) is 26.0. The van der Waals surface area contributed by atoms with Gasteiger partial charge in [0.1, 0.15) is 5.75 Å². The van der Waals surface area contributed by atoms with Crippen molar-refractivity contribution in [2.45, 2.75) is 32.7 Å². The van der Waals surface area contributed by atoms with Crippen molar-refractivity contribution in [3.63, 3.8) is 0 Å². The predicted octanol–water partition coefficient (Wildman–Crippen LogP) is 6.17. The Hall–Kier alpha value is -4.36. The first kappa shape index (κ1) is 29.7. The van der Waals surface area contributed by atoms with Gasteiger partial charge in [-0.3, -0.25) is 14.5 Å². The lowest BCUT2D eigenvalue weighted by atomic mass is 9.73. The topological polar surface area (TPSA) is 65.1 Å². The molecule has 228 valence electrons. The third kappa shape index (κ3) is 6.29. The van der Waals surface area contributed by atoms with Crippen LogP contribution in [-0.4, -0.2) is 67.9 Å². The number of amides is 1. The van der Waals surface area contributed by atoms with Crippen molar-refractivity contribution in [2.24, 2.45) is 5.41 Å². The van der Waals surface area contributed by atoms with Crippen LogP contribution in [0.15, 0.2) is 96.2 Å². The summed E-state index contributed by atoms with van der Waals surface area (Å²) in [6.45, 7) is 8.28. The number of methoxy groups -OCH3 is 1. The lowest BCUT2D eigenvalue weighted by Gasteiger charge is -2.40. The number of ketones is 1. The Morgan fingerprint density at radius 1 is 0.932 bits per heavy atom. The van der Waals surface area contributed by atoms with E-state index in [9.17, 15) is 9.59 Å². The van der Waals surface area contributed by atoms with Crippen LogP contribution >= 0.6 is 0 Å². The third-order valence-corrected chi connectivity index (χ3v) is 8.94. The molecule has 1 aliphatic carbocycles. The SMILES string of the molecule is COc1ccccc1C1C2=C(CC(C)(C)CC2=O)Nc2ccccc2N1CC(=O)N1CCN(C/C=C/c2ccccc2)CC1. The Morgan fingerprint density at radius 3 is 2.41 bits per heavy atom. The number of fused-ring (bicyclic) bond motifs is 1. The van der Waals surface area contributed by atoms with Gasteiger partial charge in [0, 0.05) is 56.0 Å². The molecule has 1 amide bonds. The quantitative estimate of drug-likeness (QED) is 0.355. The highest BCUT2D eigenvalue weighted by atomic mass is 16.5. The molecule has 3 aliphatic rings. The second kappa shape index (κ2) is 12.7. The number of ether oxygens (including phenoxy) is 1. The highest BCUT2D eigenvalue weighted by Crippen LogP contribution is 2.49. The van der Waals surface area contributed by atoms with Crippen molar-refractivity contribution >= 4 is 29.1 Å². The van der Waals surface area contributed by atoms with E-state index in [1.165, 1.54) is 5.56 Å². The highest BCUT2D eigenvalue weighted by Gasteiger charge is 2.43. The molecule has 1 unspecified atom stereocenters. The molecule has 0 bridgehead atoms. The van der Waals surface area contributed by atoms with Crippen molar-refractivity contribution in [3.05, 3.63) is 107 Å². The summed E-state index contributed by atoms with van der Waals surface area (Å²) in [6.07, 6.45) is 5.55. The van der Waals surface area contributed by atoms with Gasteiger partial charge in [-0.25, -0.2) is 0 Å². The van der Waals surface area contributed by atoms with Crippen molar-refractivity contribution in [1.29, 1.82) is 0 Å². The maximum atomic E-state index is 14.1. The summed E-state index contributed by atoms with van der Waals surface area (Å²) < 4.78 is 5.84. The second-order valence-corrected chi connectivity index (χ2v) is 12.7. The third-order valence-electron chi connectivity index (χ3n) is 8.94. The van der Waals surface area contributed by atoms with E-state index in [4.69, 9.17) is 4.74 Å². The number of para-hydroxylation sites is 3. The summed E-state index contributed by atoms with van der Waals surface area (Å²) in [7, 11) is 1.66. The minimum atomic E-state index is -0.464. The van der Waals surface area contributed by atoms with Crippen LogP contribution in [-0.2, 0) is 9.59 Å². The average molecular weight is 591 g/mol. The summed E-state index contributed by atoms with van der Waals surface area (Å²) in [6, 6.07) is 25.8. The number of nitrogens with one attached hydrogen (secondary N) is 1. The van der Waals surface area contributed by atoms with Gasteiger partial charge in [0.05, 0.1) is 31.1 Å². The van der Waals surface area contributed by atoms with Gasteiger partial charge in [-0.15, -0.1) is 0 Å². The van der Waals surface area contributed by atoms with Gasteiger partial charge in [-0.1, -0.05) is 86.7 Å². The first-order valence-corrected chi connectivity index (χ1v) is 15.6. The smallest absolute Gasteiger partial charge is 0.242 e. The number of piperazine rings is 1. The van der Waals surface area contributed by atoms with E-state index in [1.54, 1.807) is 7.11 Å². The fraction of sp³-hybridized carbons (Fsp3) is 0.351. The van der Waals surface area contributed by atoms with Crippen molar-refractivity contribution in [2.75, 3.05) is 56.6 Å². The van der Waals surface area contributed by atoms with Gasteiger partial charge in [0.2, 0.25) is 5.91 Å². The van der Waals surface area contributed by atoms with Crippen LogP contribution in [0.25, 0.3) is 6.08 Å². The molecule has 3 aromatic carbocycles. The number of allylic oxidation sites excluding steroid dienone is 1. The molecule has 44 heavy (non-hydrogen) atoms. The molecule has 0 spiro atoms. The molecule has 1 N–H and O–H groups in total. The maximum Gasteiger partial charge on any atom is 0.242 e. The fourth-order valence-corrected chi connectivity index (χ4v) is 6.77. The monoisotopic (exact) mass is 590 g/mol. The Bertz CT molecular complexity index is 1570. The number of Topliss-reactive ketones (excluding diaryl/α,β-unsaturated/α-hetero) is 1. The molecule has 0 aromatic heterocycles. The van der Waals surface area contributed by atoms with E-state index < -0.39 is 6.04 Å². The molecule has 0 radical (unpaired) electrons. The second-order valence-electron chi connectivity index (χ2n) is 12.7. The molecule has 7 nitrogen and oxygen atoms in total. The van der Waals surface area contributed by atoms with E-state index >= 15 is 0 Å². The number of carbonyl (C=O) groups excluding carboxylic acids is 2. The molecule has 2 heterocycles. The van der Waals surface area contributed by atoms with Crippen LogP contribution in [0.1, 0.15) is 43.9 Å². The van der Waals surface area contributed by atoms with Gasteiger partial charge in [0.25, 0.3) is 0 Å². The first-order chi connectivity index (χ1) is 21.3. The molecule has 0 saturated carbocycles. The molecule has 2 aliphatic heterocycles. The van der Waals surface area contributed by atoms with E-state index in [-0.39, 0.29) is 23.7 Å². The van der Waals surface area contributed by atoms with Gasteiger partial charge in [-0.05, 0) is 35.6 Å². The van der Waals surface area contributed by atoms with Gasteiger partial charge < -0.3 is 19.9 Å². The van der Waals surface area contributed by atoms with Crippen LogP contribution in [0, 0.1) is 5.41 Å². The normalized spacial score (nSPS) is 20.2. The number of hydrogen-bond donors (Lipinski definition) is 1. The molecule has 1 fully saturated rings. The Morgan fingerprint density at radius 2 is 1.64 bits per heavy atom. The van der Waals surface area contributed by atoms with Crippen molar-refractivity contribution in [1.82, 2.24) is 9.80 Å². The predicted molar refractivity (Wildman–Crippen MR) is 177 cm³/mol. The summed E-state index contributed by atoms with van der Waals surface area (Å²) >= 11 is 0. The fourth-order valence-electron chi connectivity index (χ4n) is 6.77. The minimum absolute atomic E-state index is 0.0619. The molecule has 1 saturated heterocycles. The number of benzene rings is 3. The zero-order valence-electron chi connectivity index (χ0n) is 26.0. The number of carbonyl (C=O) groups is 2. The largest absolute Gasteiger partial charge is 0.496 e. The Labute approximate surface area is 260 Å². The zero-order chi connectivity index (χ0) is 30.7. The maximum absolute atomic E-state index is 14.1. The van der Waals surface area contributed by atoms with E-state index in [2.05, 4.69) is 53.2 Å². The van der Waals surface area contributed by atoms with Crippen molar-refractivity contribution < 1.29 is 14.3 Å². The Balaban J connectivity index is 1.28. The summed E-state index contributed by atoms with van der Waals surface area (Å²) in [4.78, 5) is 34.5. The number of rotatable bonds is 7. The average Bonchev–Trinajstić information content (AvgIpc) is 3.15. The van der Waals surface area contributed by atoms with Gasteiger partial charge >= 0.3 is 0 Å². The molecule has 7 heteroatoms. The standard InChI is InChI=1S/C37H42N4O3/c1-37(2)24-30-35(32(42)25-37)36(28-15-7-10-18-33(28)44-3)41(31-17-9-8-16-29(31)38-30)26-34(43)40-22-20-39(21-23-40)19-11-14-27-12-5-4-6-13-27/h4-18,36,38H,19-26H2,1-3H3/b14-11+. The highest BCUT2D eigenvalue weighted by molar-refractivity contribution is 6.02. The molecule has 6 rings (SSSR count).